The van der Waals surface area contributed by atoms with Crippen molar-refractivity contribution in [1.82, 2.24) is 4.98 Å². The first kappa shape index (κ1) is 25.7. The van der Waals surface area contributed by atoms with Gasteiger partial charge in [-0.1, -0.05) is 11.6 Å². The van der Waals surface area contributed by atoms with Crippen LogP contribution in [-0.2, 0) is 19.8 Å². The number of anilines is 1. The van der Waals surface area contributed by atoms with Crippen molar-refractivity contribution < 1.29 is 31.3 Å². The predicted octanol–water partition coefficient (Wildman–Crippen LogP) is 4.99. The average molecular weight is 535 g/mol. The molecule has 1 N–H and O–H groups in total. The Labute approximate surface area is 211 Å². The second-order valence-corrected chi connectivity index (χ2v) is 10.8. The van der Waals surface area contributed by atoms with Crippen molar-refractivity contribution in [2.75, 3.05) is 10.8 Å². The average Bonchev–Trinajstić information content (AvgIpc) is 3.16. The van der Waals surface area contributed by atoms with Crippen molar-refractivity contribution in [3.8, 4) is 11.5 Å². The number of oxazole rings is 1. The van der Waals surface area contributed by atoms with Crippen LogP contribution in [-0.4, -0.2) is 36.1 Å². The second-order valence-electron chi connectivity index (χ2n) is 9.04. The Kier molecular flexibility index (Phi) is 6.82. The molecular weight excluding hydrogens is 512 g/mol. The van der Waals surface area contributed by atoms with E-state index in [1.807, 2.05) is 0 Å². The maximum atomic E-state index is 12.7. The van der Waals surface area contributed by atoms with Crippen molar-refractivity contribution in [2.45, 2.75) is 39.2 Å². The molecule has 0 unspecified atom stereocenters. The molecule has 36 heavy (non-hydrogen) atoms. The summed E-state index contributed by atoms with van der Waals surface area (Å²) < 4.78 is 50.8. The summed E-state index contributed by atoms with van der Waals surface area (Å²) >= 11 is 5.98. The van der Waals surface area contributed by atoms with E-state index in [1.165, 1.54) is 24.3 Å². The maximum absolute atomic E-state index is 12.7. The highest BCUT2D eigenvalue weighted by molar-refractivity contribution is 7.87. The number of benzene rings is 2. The van der Waals surface area contributed by atoms with Gasteiger partial charge in [0.1, 0.15) is 22.3 Å². The highest BCUT2D eigenvalue weighted by Crippen LogP contribution is 2.29. The zero-order chi connectivity index (χ0) is 26.3. The van der Waals surface area contributed by atoms with Crippen molar-refractivity contribution in [1.29, 1.82) is 0 Å². The van der Waals surface area contributed by atoms with Gasteiger partial charge >= 0.3 is 21.9 Å². The summed E-state index contributed by atoms with van der Waals surface area (Å²) in [7, 11) is -4.67. The summed E-state index contributed by atoms with van der Waals surface area (Å²) in [5.74, 6) is -0.440. The minimum absolute atomic E-state index is 0.0497. The van der Waals surface area contributed by atoms with Crippen molar-refractivity contribution in [3.63, 3.8) is 0 Å². The first-order valence-corrected chi connectivity index (χ1v) is 12.7. The van der Waals surface area contributed by atoms with E-state index < -0.39 is 27.5 Å². The number of hydrogen-bond acceptors (Lipinski definition) is 8. The number of aromatic nitrogens is 1. The van der Waals surface area contributed by atoms with Crippen molar-refractivity contribution in [2.24, 2.45) is 0 Å². The van der Waals surface area contributed by atoms with Crippen LogP contribution >= 0.6 is 11.6 Å². The Morgan fingerprint density at radius 3 is 2.56 bits per heavy atom. The van der Waals surface area contributed by atoms with E-state index in [-0.39, 0.29) is 42.1 Å². The standard InChI is InChI=1S/C24H23ClN2O8S/c1-24(2,3)35-21(28)5-4-10-27(36(30,31)32)16-8-6-14-11-17(23(29)34-20(14)13-16)22-26-18-12-15(25)7-9-19(18)33-22/h6-9,11-13H,4-5,10H2,1-3H3,(H,30,31,32). The molecule has 2 aromatic heterocycles. The third-order valence-corrected chi connectivity index (χ3v) is 6.21. The van der Waals surface area contributed by atoms with Gasteiger partial charge in [0.15, 0.2) is 5.58 Å². The zero-order valence-electron chi connectivity index (χ0n) is 19.6. The number of nitrogens with zero attached hydrogens (tertiary/aromatic N) is 2. The molecule has 0 aliphatic rings. The smallest absolute Gasteiger partial charge is 0.359 e. The molecular formula is C24H23ClN2O8S. The van der Waals surface area contributed by atoms with Crippen molar-refractivity contribution in [3.05, 3.63) is 57.9 Å². The van der Waals surface area contributed by atoms with Crippen LogP contribution in [0.5, 0.6) is 0 Å². The Bertz CT molecular complexity index is 1620. The number of esters is 1. The second kappa shape index (κ2) is 9.57. The molecule has 0 bridgehead atoms. The molecule has 10 nitrogen and oxygen atoms in total. The van der Waals surface area contributed by atoms with Crippen LogP contribution in [0, 0.1) is 0 Å². The summed E-state index contributed by atoms with van der Waals surface area (Å²) in [5, 5.41) is 0.938. The summed E-state index contributed by atoms with van der Waals surface area (Å²) in [5.41, 5.74) is -0.281. The van der Waals surface area contributed by atoms with E-state index in [0.717, 1.165) is 4.31 Å². The molecule has 0 spiro atoms. The first-order chi connectivity index (χ1) is 16.8. The SMILES string of the molecule is CC(C)(C)OC(=O)CCCN(c1ccc2cc(-c3nc4cc(Cl)ccc4o3)c(=O)oc2c1)S(=O)(=O)O. The largest absolute Gasteiger partial charge is 0.460 e. The lowest BCUT2D eigenvalue weighted by molar-refractivity contribution is -0.154. The van der Waals surface area contributed by atoms with Crippen LogP contribution in [0.25, 0.3) is 33.5 Å². The minimum Gasteiger partial charge on any atom is -0.460 e. The molecule has 190 valence electrons. The number of carbonyl (C=O) groups is 1. The number of ether oxygens (including phenoxy) is 1. The monoisotopic (exact) mass is 534 g/mol. The molecule has 0 amide bonds. The van der Waals surface area contributed by atoms with Crippen LogP contribution in [0.4, 0.5) is 5.69 Å². The van der Waals surface area contributed by atoms with Gasteiger partial charge in [0.25, 0.3) is 0 Å². The van der Waals surface area contributed by atoms with E-state index in [4.69, 9.17) is 25.2 Å². The molecule has 2 heterocycles. The van der Waals surface area contributed by atoms with Gasteiger partial charge in [-0.15, -0.1) is 0 Å². The predicted molar refractivity (Wildman–Crippen MR) is 134 cm³/mol. The Balaban J connectivity index is 1.61. The van der Waals surface area contributed by atoms with Gasteiger partial charge < -0.3 is 13.6 Å². The fraction of sp³-hybridized carbons (Fsp3) is 0.292. The maximum Gasteiger partial charge on any atom is 0.359 e. The van der Waals surface area contributed by atoms with Gasteiger partial charge in [-0.3, -0.25) is 9.35 Å². The summed E-state index contributed by atoms with van der Waals surface area (Å²) in [6.07, 6.45) is 0.0440. The Morgan fingerprint density at radius 2 is 1.86 bits per heavy atom. The normalized spacial score (nSPS) is 12.2. The molecule has 0 saturated carbocycles. The van der Waals surface area contributed by atoms with Gasteiger partial charge in [0.05, 0.1) is 5.69 Å². The van der Waals surface area contributed by atoms with E-state index in [9.17, 15) is 22.6 Å². The van der Waals surface area contributed by atoms with Gasteiger partial charge in [-0.05, 0) is 63.6 Å². The third-order valence-electron chi connectivity index (χ3n) is 5.03. The molecule has 0 fully saturated rings. The third kappa shape index (κ3) is 5.86. The molecule has 0 aliphatic carbocycles. The lowest BCUT2D eigenvalue weighted by atomic mass is 10.1. The molecule has 0 radical (unpaired) electrons. The fourth-order valence-electron chi connectivity index (χ4n) is 3.56. The van der Waals surface area contributed by atoms with E-state index in [2.05, 4.69) is 4.98 Å². The van der Waals surface area contributed by atoms with Crippen LogP contribution in [0.2, 0.25) is 5.02 Å². The van der Waals surface area contributed by atoms with Gasteiger partial charge in [0.2, 0.25) is 5.89 Å². The highest BCUT2D eigenvalue weighted by atomic mass is 35.5. The van der Waals surface area contributed by atoms with Crippen LogP contribution in [0.1, 0.15) is 33.6 Å². The van der Waals surface area contributed by atoms with Gasteiger partial charge in [-0.2, -0.15) is 8.42 Å². The molecule has 0 atom stereocenters. The first-order valence-electron chi connectivity index (χ1n) is 10.9. The lowest BCUT2D eigenvalue weighted by Crippen LogP contribution is -2.32. The number of hydrogen-bond donors (Lipinski definition) is 1. The quantitative estimate of drug-likeness (QED) is 0.197. The van der Waals surface area contributed by atoms with Gasteiger partial charge in [0, 0.05) is 29.4 Å². The van der Waals surface area contributed by atoms with E-state index in [0.29, 0.717) is 21.5 Å². The van der Waals surface area contributed by atoms with E-state index in [1.54, 1.807) is 39.0 Å². The number of fused-ring (bicyclic) bond motifs is 2. The van der Waals surface area contributed by atoms with Crippen LogP contribution in [0.15, 0.2) is 56.1 Å². The minimum atomic E-state index is -4.67. The lowest BCUT2D eigenvalue weighted by Gasteiger charge is -2.22. The zero-order valence-corrected chi connectivity index (χ0v) is 21.2. The number of carbonyl (C=O) groups excluding carboxylic acids is 1. The Morgan fingerprint density at radius 1 is 1.11 bits per heavy atom. The molecule has 12 heteroatoms. The molecule has 4 rings (SSSR count). The fourth-order valence-corrected chi connectivity index (χ4v) is 4.46. The summed E-state index contributed by atoms with van der Waals surface area (Å²) in [6, 6.07) is 10.7. The van der Waals surface area contributed by atoms with Crippen LogP contribution in [0.3, 0.4) is 0 Å². The highest BCUT2D eigenvalue weighted by Gasteiger charge is 2.23. The molecule has 4 aromatic rings. The summed E-state index contributed by atoms with van der Waals surface area (Å²) in [4.78, 5) is 28.9. The van der Waals surface area contributed by atoms with Crippen molar-refractivity contribution >= 4 is 55.6 Å². The van der Waals surface area contributed by atoms with Gasteiger partial charge in [-0.25, -0.2) is 14.1 Å². The molecule has 0 aliphatic heterocycles. The van der Waals surface area contributed by atoms with E-state index >= 15 is 0 Å². The number of halogens is 1. The molecule has 0 saturated heterocycles. The molecule has 2 aromatic carbocycles. The topological polar surface area (TPSA) is 140 Å². The number of rotatable bonds is 7. The summed E-state index contributed by atoms with van der Waals surface area (Å²) in [6.45, 7) is 4.98. The van der Waals surface area contributed by atoms with Crippen LogP contribution < -0.4 is 9.93 Å². The Hall–Kier alpha value is -3.41.